The van der Waals surface area contributed by atoms with Gasteiger partial charge in [-0.2, -0.15) is 5.26 Å². The van der Waals surface area contributed by atoms with E-state index in [4.69, 9.17) is 5.26 Å². The van der Waals surface area contributed by atoms with Crippen LogP contribution in [0.5, 0.6) is 0 Å². The first-order chi connectivity index (χ1) is 18.4. The average molecular weight is 556 g/mol. The van der Waals surface area contributed by atoms with Crippen LogP contribution in [0.1, 0.15) is 25.7 Å². The number of thioether (sulfide) groups is 1. The Morgan fingerprint density at radius 2 is 1.71 bits per heavy atom. The summed E-state index contributed by atoms with van der Waals surface area (Å²) in [6, 6.07) is 12.5. The second-order valence-electron chi connectivity index (χ2n) is 9.64. The Morgan fingerprint density at radius 3 is 2.39 bits per heavy atom. The molecule has 1 aromatic heterocycles. The number of rotatable bonds is 9. The second-order valence-corrected chi connectivity index (χ2v) is 12.7. The van der Waals surface area contributed by atoms with Gasteiger partial charge in [-0.1, -0.05) is 12.8 Å². The Kier molecular flexibility index (Phi) is 9.63. The van der Waals surface area contributed by atoms with E-state index in [1.54, 1.807) is 36.7 Å². The number of nitrogens with one attached hydrogen (secondary N) is 1. The highest BCUT2D eigenvalue weighted by Crippen LogP contribution is 2.33. The van der Waals surface area contributed by atoms with E-state index in [0.717, 1.165) is 36.5 Å². The molecule has 0 bridgehead atoms. The minimum atomic E-state index is -3.58. The molecule has 1 aromatic carbocycles. The fourth-order valence-corrected chi connectivity index (χ4v) is 7.64. The topological polar surface area (TPSA) is 123 Å². The summed E-state index contributed by atoms with van der Waals surface area (Å²) in [6.45, 7) is 2.80. The minimum Gasteiger partial charge on any atom is -0.368 e. The molecule has 0 spiro atoms. The van der Waals surface area contributed by atoms with Gasteiger partial charge in [-0.25, -0.2) is 8.42 Å². The Hall–Kier alpha value is -3.10. The fraction of sp³-hybridized carbons (Fsp3) is 0.481. The number of pyridine rings is 1. The fourth-order valence-electron chi connectivity index (χ4n) is 5.14. The molecule has 1 aliphatic heterocycles. The lowest BCUT2D eigenvalue weighted by molar-refractivity contribution is -0.129. The summed E-state index contributed by atoms with van der Waals surface area (Å²) >= 11 is 1.40. The molecule has 9 nitrogen and oxygen atoms in total. The number of anilines is 1. The number of benzene rings is 1. The molecule has 1 aliphatic carbocycles. The van der Waals surface area contributed by atoms with Crippen LogP contribution in [0.4, 0.5) is 5.69 Å². The van der Waals surface area contributed by atoms with Gasteiger partial charge in [-0.15, -0.1) is 11.8 Å². The maximum Gasteiger partial charge on any atom is 0.233 e. The van der Waals surface area contributed by atoms with Crippen molar-refractivity contribution in [2.45, 2.75) is 35.5 Å². The van der Waals surface area contributed by atoms with Crippen LogP contribution in [0.2, 0.25) is 0 Å². The largest absolute Gasteiger partial charge is 0.368 e. The van der Waals surface area contributed by atoms with E-state index < -0.39 is 9.84 Å². The van der Waals surface area contributed by atoms with Gasteiger partial charge in [0.05, 0.1) is 22.5 Å². The highest BCUT2D eigenvalue weighted by atomic mass is 32.2. The molecule has 2 amide bonds. The van der Waals surface area contributed by atoms with Crippen molar-refractivity contribution in [2.75, 3.05) is 49.1 Å². The third-order valence-electron chi connectivity index (χ3n) is 7.23. The Morgan fingerprint density at radius 1 is 1.03 bits per heavy atom. The molecule has 38 heavy (non-hydrogen) atoms. The molecule has 2 aliphatic rings. The Bertz CT molecular complexity index is 1240. The van der Waals surface area contributed by atoms with E-state index in [1.807, 2.05) is 23.1 Å². The molecule has 1 saturated carbocycles. The van der Waals surface area contributed by atoms with Crippen molar-refractivity contribution in [3.05, 3.63) is 48.8 Å². The van der Waals surface area contributed by atoms with E-state index in [2.05, 4.69) is 15.2 Å². The number of piperazine rings is 1. The van der Waals surface area contributed by atoms with Crippen molar-refractivity contribution in [1.29, 1.82) is 5.26 Å². The van der Waals surface area contributed by atoms with Crippen LogP contribution in [0.25, 0.3) is 0 Å². The third kappa shape index (κ3) is 7.26. The molecule has 2 aromatic rings. The van der Waals surface area contributed by atoms with Crippen molar-refractivity contribution in [3.8, 4) is 6.07 Å². The number of hydrogen-bond donors (Lipinski definition) is 1. The van der Waals surface area contributed by atoms with Crippen molar-refractivity contribution in [3.63, 3.8) is 0 Å². The molecule has 11 heteroatoms. The van der Waals surface area contributed by atoms with Crippen LogP contribution in [0.3, 0.4) is 0 Å². The maximum atomic E-state index is 13.1. The molecular formula is C27H33N5O4S2. The number of nitriles is 1. The standard InChI is InChI=1S/C27H33N5O4S2/c28-11-14-30-27(34)25-4-2-1-3-21(25)20-38(35,36)24-7-5-23(6-8-24)37-19-26(33)32-17-15-31(16-18-32)22-9-12-29-13-10-22/h5-10,12-13,21,25H,1-4,14-20H2,(H,30,34)/t21-,25+/m1/s1. The molecule has 2 atom stereocenters. The van der Waals surface area contributed by atoms with Crippen LogP contribution in [-0.2, 0) is 19.4 Å². The number of carbonyl (C=O) groups is 2. The number of sulfone groups is 1. The number of hydrogen-bond acceptors (Lipinski definition) is 8. The smallest absolute Gasteiger partial charge is 0.233 e. The molecule has 2 fully saturated rings. The lowest BCUT2D eigenvalue weighted by Crippen LogP contribution is -2.49. The van der Waals surface area contributed by atoms with Crippen LogP contribution in [-0.4, -0.2) is 74.3 Å². The number of amides is 2. The maximum absolute atomic E-state index is 13.1. The summed E-state index contributed by atoms with van der Waals surface area (Å²) < 4.78 is 26.3. The number of carbonyl (C=O) groups excluding carboxylic acids is 2. The van der Waals surface area contributed by atoms with E-state index in [-0.39, 0.29) is 40.8 Å². The zero-order valence-corrected chi connectivity index (χ0v) is 22.9. The van der Waals surface area contributed by atoms with Gasteiger partial charge in [0, 0.05) is 55.1 Å². The summed E-state index contributed by atoms with van der Waals surface area (Å²) in [5.41, 5.74) is 1.11. The van der Waals surface area contributed by atoms with Crippen molar-refractivity contribution < 1.29 is 18.0 Å². The second kappa shape index (κ2) is 13.1. The average Bonchev–Trinajstić information content (AvgIpc) is 2.95. The molecule has 1 saturated heterocycles. The molecule has 4 rings (SSSR count). The summed E-state index contributed by atoms with van der Waals surface area (Å²) in [5, 5.41) is 11.3. The van der Waals surface area contributed by atoms with Crippen LogP contribution in [0.15, 0.2) is 58.6 Å². The van der Waals surface area contributed by atoms with Crippen molar-refractivity contribution >= 4 is 39.1 Å². The summed E-state index contributed by atoms with van der Waals surface area (Å²) in [6.07, 6.45) is 6.63. The monoisotopic (exact) mass is 555 g/mol. The predicted octanol–water partition coefficient (Wildman–Crippen LogP) is 2.74. The summed E-state index contributed by atoms with van der Waals surface area (Å²) in [7, 11) is -3.58. The highest BCUT2D eigenvalue weighted by molar-refractivity contribution is 8.00. The normalized spacial score (nSPS) is 20.0. The van der Waals surface area contributed by atoms with Gasteiger partial charge in [0.1, 0.15) is 6.54 Å². The molecule has 202 valence electrons. The van der Waals surface area contributed by atoms with E-state index in [0.29, 0.717) is 31.7 Å². The van der Waals surface area contributed by atoms with Gasteiger partial charge < -0.3 is 15.1 Å². The summed E-state index contributed by atoms with van der Waals surface area (Å²) in [4.78, 5) is 34.4. The Labute approximate surface area is 228 Å². The first-order valence-electron chi connectivity index (χ1n) is 12.9. The molecular weight excluding hydrogens is 522 g/mol. The highest BCUT2D eigenvalue weighted by Gasteiger charge is 2.34. The van der Waals surface area contributed by atoms with Gasteiger partial charge in [-0.3, -0.25) is 14.6 Å². The van der Waals surface area contributed by atoms with Crippen molar-refractivity contribution in [1.82, 2.24) is 15.2 Å². The van der Waals surface area contributed by atoms with E-state index >= 15 is 0 Å². The lowest BCUT2D eigenvalue weighted by Gasteiger charge is -2.36. The summed E-state index contributed by atoms with van der Waals surface area (Å²) in [5.74, 6) is -0.616. The quantitative estimate of drug-likeness (QED) is 0.370. The number of aromatic nitrogens is 1. The molecule has 2 heterocycles. The van der Waals surface area contributed by atoms with E-state index in [1.165, 1.54) is 11.8 Å². The van der Waals surface area contributed by atoms with Gasteiger partial charge in [-0.05, 0) is 55.2 Å². The molecule has 0 unspecified atom stereocenters. The molecule has 1 N–H and O–H groups in total. The van der Waals surface area contributed by atoms with Crippen LogP contribution < -0.4 is 10.2 Å². The number of nitrogens with zero attached hydrogens (tertiary/aromatic N) is 4. The molecule has 0 radical (unpaired) electrons. The minimum absolute atomic E-state index is 0.0686. The van der Waals surface area contributed by atoms with Gasteiger partial charge in [0.25, 0.3) is 0 Å². The first kappa shape index (κ1) is 27.9. The van der Waals surface area contributed by atoms with Crippen molar-refractivity contribution in [2.24, 2.45) is 11.8 Å². The first-order valence-corrected chi connectivity index (χ1v) is 15.5. The van der Waals surface area contributed by atoms with Crippen LogP contribution in [0, 0.1) is 23.2 Å². The zero-order valence-electron chi connectivity index (χ0n) is 21.3. The predicted molar refractivity (Wildman–Crippen MR) is 146 cm³/mol. The third-order valence-corrected chi connectivity index (χ3v) is 10.1. The van der Waals surface area contributed by atoms with E-state index in [9.17, 15) is 18.0 Å². The van der Waals surface area contributed by atoms with Gasteiger partial charge >= 0.3 is 0 Å². The SMILES string of the molecule is N#CCNC(=O)[C@H]1CCCC[C@@H]1CS(=O)(=O)c1ccc(SCC(=O)N2CCN(c3ccncc3)CC2)cc1. The van der Waals surface area contributed by atoms with Gasteiger partial charge in [0.15, 0.2) is 9.84 Å². The Balaban J connectivity index is 1.28. The zero-order chi connectivity index (χ0) is 27.0. The van der Waals surface area contributed by atoms with Gasteiger partial charge in [0.2, 0.25) is 11.8 Å². The lowest BCUT2D eigenvalue weighted by atomic mass is 9.80. The van der Waals surface area contributed by atoms with Crippen LogP contribution >= 0.6 is 11.8 Å².